The molecule has 1 saturated heterocycles. The van der Waals surface area contributed by atoms with Crippen molar-refractivity contribution < 1.29 is 14.3 Å². The third-order valence-electron chi connectivity index (χ3n) is 4.09. The highest BCUT2D eigenvalue weighted by atomic mass is 16.6. The second-order valence-corrected chi connectivity index (χ2v) is 5.79. The predicted octanol–water partition coefficient (Wildman–Crippen LogP) is 2.23. The molecule has 0 spiro atoms. The van der Waals surface area contributed by atoms with E-state index in [0.29, 0.717) is 30.5 Å². The van der Waals surface area contributed by atoms with Crippen molar-refractivity contribution in [2.75, 3.05) is 31.6 Å². The molecule has 4 rings (SSSR count). The number of fused-ring (bicyclic) bond motifs is 1. The molecule has 124 valence electrons. The van der Waals surface area contributed by atoms with Crippen LogP contribution in [0.1, 0.15) is 23.3 Å². The van der Waals surface area contributed by atoms with Gasteiger partial charge in [0.1, 0.15) is 13.2 Å². The number of nitrogens with zero attached hydrogens (tertiary/aromatic N) is 3. The molecule has 1 aromatic heterocycles. The number of nitrogens with one attached hydrogen (secondary N) is 1. The van der Waals surface area contributed by atoms with Crippen LogP contribution in [0.15, 0.2) is 30.3 Å². The zero-order valence-corrected chi connectivity index (χ0v) is 13.2. The fourth-order valence-electron chi connectivity index (χ4n) is 2.86. The van der Waals surface area contributed by atoms with Crippen molar-refractivity contribution in [3.63, 3.8) is 0 Å². The van der Waals surface area contributed by atoms with Gasteiger partial charge in [-0.2, -0.15) is 0 Å². The zero-order valence-electron chi connectivity index (χ0n) is 13.2. The third kappa shape index (κ3) is 2.97. The molecule has 7 nitrogen and oxygen atoms in total. The van der Waals surface area contributed by atoms with Crippen molar-refractivity contribution in [1.29, 1.82) is 0 Å². The van der Waals surface area contributed by atoms with E-state index in [1.54, 1.807) is 12.1 Å². The number of carbonyl (C=O) groups excluding carboxylic acids is 1. The van der Waals surface area contributed by atoms with Gasteiger partial charge in [0.2, 0.25) is 0 Å². The van der Waals surface area contributed by atoms with Crippen LogP contribution < -0.4 is 14.8 Å². The summed E-state index contributed by atoms with van der Waals surface area (Å²) >= 11 is 0. The van der Waals surface area contributed by atoms with Gasteiger partial charge < -0.3 is 19.7 Å². The van der Waals surface area contributed by atoms with Crippen LogP contribution in [0, 0.1) is 0 Å². The maximum absolute atomic E-state index is 12.2. The number of benzene rings is 1. The number of rotatable bonds is 3. The first kappa shape index (κ1) is 14.7. The van der Waals surface area contributed by atoms with Gasteiger partial charge in [0.15, 0.2) is 23.0 Å². The fourth-order valence-corrected chi connectivity index (χ4v) is 2.86. The van der Waals surface area contributed by atoms with Crippen LogP contribution in [0.25, 0.3) is 0 Å². The van der Waals surface area contributed by atoms with Crippen molar-refractivity contribution in [3.05, 3.63) is 36.0 Å². The third-order valence-corrected chi connectivity index (χ3v) is 4.09. The summed E-state index contributed by atoms with van der Waals surface area (Å²) in [6.45, 7) is 2.72. The second kappa shape index (κ2) is 6.35. The van der Waals surface area contributed by atoms with Crippen molar-refractivity contribution in [1.82, 2.24) is 15.1 Å². The Morgan fingerprint density at radius 3 is 2.54 bits per heavy atom. The summed E-state index contributed by atoms with van der Waals surface area (Å²) in [5.74, 6) is 1.97. The van der Waals surface area contributed by atoms with Gasteiger partial charge in [0.05, 0.1) is 0 Å². The lowest BCUT2D eigenvalue weighted by molar-refractivity contribution is 0.0786. The molecule has 3 heterocycles. The highest BCUT2D eigenvalue weighted by Crippen LogP contribution is 2.33. The molecule has 2 aromatic rings. The highest BCUT2D eigenvalue weighted by molar-refractivity contribution is 5.92. The SMILES string of the molecule is O=C(c1ccc(Nc2ccc3c(c2)OCCO3)nn1)N1CCCC1. The molecule has 1 aromatic carbocycles. The molecule has 7 heteroatoms. The van der Waals surface area contributed by atoms with E-state index in [9.17, 15) is 4.79 Å². The summed E-state index contributed by atoms with van der Waals surface area (Å²) in [6, 6.07) is 9.06. The maximum Gasteiger partial charge on any atom is 0.274 e. The van der Waals surface area contributed by atoms with Gasteiger partial charge in [0.25, 0.3) is 5.91 Å². The molecule has 1 amide bonds. The Balaban J connectivity index is 1.46. The number of hydrogen-bond acceptors (Lipinski definition) is 6. The normalized spacial score (nSPS) is 16.1. The topological polar surface area (TPSA) is 76.6 Å². The van der Waals surface area contributed by atoms with Gasteiger partial charge in [-0.15, -0.1) is 10.2 Å². The monoisotopic (exact) mass is 326 g/mol. The number of ether oxygens (including phenoxy) is 2. The average molecular weight is 326 g/mol. The van der Waals surface area contributed by atoms with Crippen molar-refractivity contribution in [2.24, 2.45) is 0 Å². The van der Waals surface area contributed by atoms with E-state index in [0.717, 1.165) is 37.4 Å². The Morgan fingerprint density at radius 1 is 1.00 bits per heavy atom. The Morgan fingerprint density at radius 2 is 1.79 bits per heavy atom. The molecule has 2 aliphatic rings. The van der Waals surface area contributed by atoms with Gasteiger partial charge in [-0.3, -0.25) is 4.79 Å². The first-order chi connectivity index (χ1) is 11.8. The highest BCUT2D eigenvalue weighted by Gasteiger charge is 2.20. The Bertz CT molecular complexity index is 742. The summed E-state index contributed by atoms with van der Waals surface area (Å²) in [4.78, 5) is 14.1. The van der Waals surface area contributed by atoms with Gasteiger partial charge in [-0.1, -0.05) is 0 Å². The summed E-state index contributed by atoms with van der Waals surface area (Å²) in [6.07, 6.45) is 2.12. The first-order valence-electron chi connectivity index (χ1n) is 8.09. The molecule has 0 radical (unpaired) electrons. The van der Waals surface area contributed by atoms with Crippen LogP contribution in [-0.4, -0.2) is 47.3 Å². The zero-order chi connectivity index (χ0) is 16.4. The standard InChI is InChI=1S/C17H18N4O3/c22-17(21-7-1-2-8-21)13-4-6-16(20-19-13)18-12-3-5-14-15(11-12)24-10-9-23-14/h3-6,11H,1-2,7-10H2,(H,18,20). The quantitative estimate of drug-likeness (QED) is 0.932. The summed E-state index contributed by atoms with van der Waals surface area (Å²) < 4.78 is 11.1. The average Bonchev–Trinajstić information content (AvgIpc) is 3.16. The minimum absolute atomic E-state index is 0.0501. The Kier molecular flexibility index (Phi) is 3.90. The summed E-state index contributed by atoms with van der Waals surface area (Å²) in [5.41, 5.74) is 1.21. The molecule has 2 aliphatic heterocycles. The second-order valence-electron chi connectivity index (χ2n) is 5.79. The molecule has 0 unspecified atom stereocenters. The molecule has 0 atom stereocenters. The number of anilines is 2. The lowest BCUT2D eigenvalue weighted by atomic mass is 10.2. The number of amides is 1. The molecule has 1 N–H and O–H groups in total. The molecule has 24 heavy (non-hydrogen) atoms. The molecular formula is C17H18N4O3. The van der Waals surface area contributed by atoms with Crippen molar-refractivity contribution >= 4 is 17.4 Å². The van der Waals surface area contributed by atoms with Gasteiger partial charge >= 0.3 is 0 Å². The van der Waals surface area contributed by atoms with E-state index >= 15 is 0 Å². The lowest BCUT2D eigenvalue weighted by Gasteiger charge is -2.19. The smallest absolute Gasteiger partial charge is 0.274 e. The van der Waals surface area contributed by atoms with E-state index in [4.69, 9.17) is 9.47 Å². The van der Waals surface area contributed by atoms with Crippen LogP contribution in [-0.2, 0) is 0 Å². The van der Waals surface area contributed by atoms with Crippen molar-refractivity contribution in [3.8, 4) is 11.5 Å². The Hall–Kier alpha value is -2.83. The minimum Gasteiger partial charge on any atom is -0.486 e. The van der Waals surface area contributed by atoms with E-state index in [-0.39, 0.29) is 5.91 Å². The van der Waals surface area contributed by atoms with E-state index in [2.05, 4.69) is 15.5 Å². The minimum atomic E-state index is -0.0501. The maximum atomic E-state index is 12.2. The van der Waals surface area contributed by atoms with Crippen LogP contribution in [0.4, 0.5) is 11.5 Å². The predicted molar refractivity (Wildman–Crippen MR) is 87.9 cm³/mol. The number of aromatic nitrogens is 2. The Labute approximate surface area is 139 Å². The van der Waals surface area contributed by atoms with Gasteiger partial charge in [-0.05, 0) is 37.1 Å². The largest absolute Gasteiger partial charge is 0.486 e. The first-order valence-corrected chi connectivity index (χ1v) is 8.09. The molecule has 0 bridgehead atoms. The lowest BCUT2D eigenvalue weighted by Crippen LogP contribution is -2.28. The van der Waals surface area contributed by atoms with Gasteiger partial charge in [0, 0.05) is 24.8 Å². The summed E-state index contributed by atoms with van der Waals surface area (Å²) in [7, 11) is 0. The number of carbonyl (C=O) groups is 1. The molecule has 0 saturated carbocycles. The summed E-state index contributed by atoms with van der Waals surface area (Å²) in [5, 5.41) is 11.3. The van der Waals surface area contributed by atoms with Crippen LogP contribution in [0.3, 0.4) is 0 Å². The molecule has 1 fully saturated rings. The fraction of sp³-hybridized carbons (Fsp3) is 0.353. The van der Waals surface area contributed by atoms with Crippen LogP contribution >= 0.6 is 0 Å². The van der Waals surface area contributed by atoms with Crippen LogP contribution in [0.5, 0.6) is 11.5 Å². The van der Waals surface area contributed by atoms with E-state index < -0.39 is 0 Å². The van der Waals surface area contributed by atoms with Crippen molar-refractivity contribution in [2.45, 2.75) is 12.8 Å². The van der Waals surface area contributed by atoms with Crippen LogP contribution in [0.2, 0.25) is 0 Å². The van der Waals surface area contributed by atoms with Gasteiger partial charge in [-0.25, -0.2) is 0 Å². The number of hydrogen-bond donors (Lipinski definition) is 1. The number of likely N-dealkylation sites (tertiary alicyclic amines) is 1. The molecular weight excluding hydrogens is 308 g/mol. The molecule has 0 aliphatic carbocycles. The van der Waals surface area contributed by atoms with E-state index in [1.165, 1.54) is 0 Å². The van der Waals surface area contributed by atoms with E-state index in [1.807, 2.05) is 23.1 Å².